The van der Waals surface area contributed by atoms with Crippen molar-refractivity contribution in [1.82, 2.24) is 4.90 Å². The van der Waals surface area contributed by atoms with Gasteiger partial charge in [-0.3, -0.25) is 4.79 Å². The van der Waals surface area contributed by atoms with E-state index in [2.05, 4.69) is 0 Å². The summed E-state index contributed by atoms with van der Waals surface area (Å²) in [4.78, 5) is 13.8. The van der Waals surface area contributed by atoms with Crippen molar-refractivity contribution in [2.24, 2.45) is 0 Å². The number of anilines is 1. The van der Waals surface area contributed by atoms with Gasteiger partial charge < -0.3 is 15.7 Å². The Kier molecular flexibility index (Phi) is 4.15. The molecule has 0 spiro atoms. The van der Waals surface area contributed by atoms with Gasteiger partial charge in [0.1, 0.15) is 5.75 Å². The van der Waals surface area contributed by atoms with Gasteiger partial charge in [-0.1, -0.05) is 35.9 Å². The molecule has 0 heterocycles. The largest absolute Gasteiger partial charge is 0.508 e. The molecule has 0 unspecified atom stereocenters. The molecule has 0 atom stereocenters. The van der Waals surface area contributed by atoms with Crippen molar-refractivity contribution in [3.8, 4) is 5.75 Å². The number of para-hydroxylation sites is 1. The second-order valence-electron chi connectivity index (χ2n) is 4.49. The molecule has 0 saturated carbocycles. The molecule has 20 heavy (non-hydrogen) atoms. The van der Waals surface area contributed by atoms with Crippen molar-refractivity contribution >= 4 is 23.2 Å². The molecule has 2 aromatic rings. The number of rotatable bonds is 3. The van der Waals surface area contributed by atoms with Crippen LogP contribution >= 0.6 is 11.6 Å². The molecule has 1 amide bonds. The maximum Gasteiger partial charge on any atom is 0.257 e. The van der Waals surface area contributed by atoms with Crippen LogP contribution in [0.2, 0.25) is 5.02 Å². The Morgan fingerprint density at radius 3 is 2.60 bits per heavy atom. The summed E-state index contributed by atoms with van der Waals surface area (Å²) in [6, 6.07) is 11.8. The predicted molar refractivity (Wildman–Crippen MR) is 79.8 cm³/mol. The summed E-state index contributed by atoms with van der Waals surface area (Å²) >= 11 is 6.03. The van der Waals surface area contributed by atoms with Crippen LogP contribution in [0, 0.1) is 0 Å². The van der Waals surface area contributed by atoms with Gasteiger partial charge in [0.25, 0.3) is 5.91 Å². The first kappa shape index (κ1) is 14.2. The number of nitrogens with zero attached hydrogens (tertiary/aromatic N) is 1. The van der Waals surface area contributed by atoms with Crippen LogP contribution in [0.15, 0.2) is 42.5 Å². The van der Waals surface area contributed by atoms with Crippen molar-refractivity contribution in [2.45, 2.75) is 6.54 Å². The normalized spacial score (nSPS) is 10.3. The highest BCUT2D eigenvalue weighted by molar-refractivity contribution is 6.34. The number of nitrogen functional groups attached to an aromatic ring is 1. The Bertz CT molecular complexity index is 623. The minimum absolute atomic E-state index is 0.152. The summed E-state index contributed by atoms with van der Waals surface area (Å²) in [5.41, 5.74) is 7.09. The van der Waals surface area contributed by atoms with Crippen LogP contribution in [-0.4, -0.2) is 23.0 Å². The number of amides is 1. The Balaban J connectivity index is 2.24. The number of nitrogens with two attached hydrogens (primary N) is 1. The summed E-state index contributed by atoms with van der Waals surface area (Å²) in [5, 5.41) is 10.1. The van der Waals surface area contributed by atoms with Crippen LogP contribution in [0.4, 0.5) is 5.69 Å². The van der Waals surface area contributed by atoms with Crippen molar-refractivity contribution in [3.05, 3.63) is 58.6 Å². The highest BCUT2D eigenvalue weighted by Gasteiger charge is 2.18. The predicted octanol–water partition coefficient (Wildman–Crippen LogP) is 2.90. The number of carbonyl (C=O) groups is 1. The molecule has 3 N–H and O–H groups in total. The number of hydrogen-bond donors (Lipinski definition) is 2. The SMILES string of the molecule is CN(Cc1ccccc1O)C(=O)c1c(N)cccc1Cl. The molecule has 0 aliphatic heterocycles. The summed E-state index contributed by atoms with van der Waals surface area (Å²) in [6.07, 6.45) is 0. The van der Waals surface area contributed by atoms with Crippen molar-refractivity contribution in [2.75, 3.05) is 12.8 Å². The molecule has 0 aromatic heterocycles. The molecule has 0 aliphatic carbocycles. The Labute approximate surface area is 122 Å². The maximum atomic E-state index is 12.4. The number of halogens is 1. The van der Waals surface area contributed by atoms with E-state index in [1.165, 1.54) is 4.90 Å². The highest BCUT2D eigenvalue weighted by atomic mass is 35.5. The van der Waals surface area contributed by atoms with Gasteiger partial charge >= 0.3 is 0 Å². The quantitative estimate of drug-likeness (QED) is 0.854. The molecular weight excluding hydrogens is 276 g/mol. The fourth-order valence-corrected chi connectivity index (χ4v) is 2.19. The van der Waals surface area contributed by atoms with Crippen LogP contribution in [0.5, 0.6) is 5.75 Å². The number of phenols is 1. The van der Waals surface area contributed by atoms with E-state index in [0.717, 1.165) is 0 Å². The Morgan fingerprint density at radius 1 is 1.25 bits per heavy atom. The molecule has 0 aliphatic rings. The molecule has 104 valence electrons. The molecule has 5 heteroatoms. The lowest BCUT2D eigenvalue weighted by molar-refractivity contribution is 0.0785. The van der Waals surface area contributed by atoms with E-state index in [1.54, 1.807) is 49.5 Å². The molecule has 0 saturated heterocycles. The van der Waals surface area contributed by atoms with Gasteiger partial charge in [0, 0.05) is 24.8 Å². The molecule has 2 aromatic carbocycles. The molecule has 0 fully saturated rings. The highest BCUT2D eigenvalue weighted by Crippen LogP contribution is 2.25. The second kappa shape index (κ2) is 5.84. The minimum Gasteiger partial charge on any atom is -0.508 e. The van der Waals surface area contributed by atoms with E-state index < -0.39 is 0 Å². The van der Waals surface area contributed by atoms with Gasteiger partial charge in [-0.25, -0.2) is 0 Å². The van der Waals surface area contributed by atoms with Gasteiger partial charge in [0.2, 0.25) is 0 Å². The summed E-state index contributed by atoms with van der Waals surface area (Å²) in [6.45, 7) is 0.274. The van der Waals surface area contributed by atoms with E-state index in [4.69, 9.17) is 17.3 Å². The number of benzene rings is 2. The lowest BCUT2D eigenvalue weighted by atomic mass is 10.1. The average molecular weight is 291 g/mol. The van der Waals surface area contributed by atoms with Gasteiger partial charge in [0.05, 0.1) is 10.6 Å². The van der Waals surface area contributed by atoms with Crippen molar-refractivity contribution in [1.29, 1.82) is 0 Å². The minimum atomic E-state index is -0.281. The Morgan fingerprint density at radius 2 is 1.95 bits per heavy atom. The smallest absolute Gasteiger partial charge is 0.257 e. The van der Waals surface area contributed by atoms with E-state index in [9.17, 15) is 9.90 Å². The zero-order valence-corrected chi connectivity index (χ0v) is 11.8. The summed E-state index contributed by atoms with van der Waals surface area (Å²) in [7, 11) is 1.64. The number of carbonyl (C=O) groups excluding carboxylic acids is 1. The standard InChI is InChI=1S/C15H15ClN2O2/c1-18(9-10-5-2-3-8-13(10)19)15(20)14-11(16)6-4-7-12(14)17/h2-8,19H,9,17H2,1H3. The topological polar surface area (TPSA) is 66.6 Å². The van der Waals surface area contributed by atoms with Crippen LogP contribution in [0.1, 0.15) is 15.9 Å². The zero-order valence-electron chi connectivity index (χ0n) is 11.0. The zero-order chi connectivity index (χ0) is 14.7. The maximum absolute atomic E-state index is 12.4. The van der Waals surface area contributed by atoms with Gasteiger partial charge in [-0.2, -0.15) is 0 Å². The van der Waals surface area contributed by atoms with Crippen LogP contribution < -0.4 is 5.73 Å². The summed E-state index contributed by atoms with van der Waals surface area (Å²) in [5.74, 6) is -0.129. The van der Waals surface area contributed by atoms with Gasteiger partial charge in [0.15, 0.2) is 0 Å². The number of aromatic hydroxyl groups is 1. The van der Waals surface area contributed by atoms with Gasteiger partial charge in [-0.05, 0) is 18.2 Å². The first-order valence-corrected chi connectivity index (χ1v) is 6.45. The molecule has 2 rings (SSSR count). The summed E-state index contributed by atoms with van der Waals surface area (Å²) < 4.78 is 0. The molecule has 0 bridgehead atoms. The van der Waals surface area contributed by atoms with Crippen molar-refractivity contribution in [3.63, 3.8) is 0 Å². The van der Waals surface area contributed by atoms with E-state index in [1.807, 2.05) is 0 Å². The lowest BCUT2D eigenvalue weighted by Crippen LogP contribution is -2.27. The van der Waals surface area contributed by atoms with E-state index in [0.29, 0.717) is 16.3 Å². The van der Waals surface area contributed by atoms with Crippen LogP contribution in [0.3, 0.4) is 0 Å². The van der Waals surface area contributed by atoms with Crippen molar-refractivity contribution < 1.29 is 9.90 Å². The third-order valence-corrected chi connectivity index (χ3v) is 3.32. The number of phenolic OH excluding ortho intramolecular Hbond substituents is 1. The first-order chi connectivity index (χ1) is 9.50. The molecular formula is C15H15ClN2O2. The Hall–Kier alpha value is -2.20. The second-order valence-corrected chi connectivity index (χ2v) is 4.90. The monoisotopic (exact) mass is 290 g/mol. The number of hydrogen-bond acceptors (Lipinski definition) is 3. The fraction of sp³-hybridized carbons (Fsp3) is 0.133. The average Bonchev–Trinajstić information content (AvgIpc) is 2.41. The lowest BCUT2D eigenvalue weighted by Gasteiger charge is -2.19. The molecule has 0 radical (unpaired) electrons. The van der Waals surface area contributed by atoms with E-state index >= 15 is 0 Å². The third-order valence-electron chi connectivity index (χ3n) is 3.01. The van der Waals surface area contributed by atoms with Crippen LogP contribution in [0.25, 0.3) is 0 Å². The van der Waals surface area contributed by atoms with E-state index in [-0.39, 0.29) is 23.8 Å². The fourth-order valence-electron chi connectivity index (χ4n) is 1.93. The van der Waals surface area contributed by atoms with Gasteiger partial charge in [-0.15, -0.1) is 0 Å². The third kappa shape index (κ3) is 2.86. The van der Waals surface area contributed by atoms with Crippen LogP contribution in [-0.2, 0) is 6.54 Å². The molecule has 4 nitrogen and oxygen atoms in total. The first-order valence-electron chi connectivity index (χ1n) is 6.07.